The molecule has 0 aliphatic carbocycles. The molecule has 2 aromatic rings. The molecule has 0 radical (unpaired) electrons. The standard InChI is InChI=1S/C15H16N2/c1-5-13-14(6-2)17(4)15(16-13)12-10-8-7-9-11(12)3/h5-10H,1-2H2,3-4H3. The van der Waals surface area contributed by atoms with Gasteiger partial charge in [-0.15, -0.1) is 0 Å². The number of imidazole rings is 1. The van der Waals surface area contributed by atoms with Gasteiger partial charge in [0.25, 0.3) is 0 Å². The summed E-state index contributed by atoms with van der Waals surface area (Å²) in [6.07, 6.45) is 3.57. The summed E-state index contributed by atoms with van der Waals surface area (Å²) in [5, 5.41) is 0. The second-order valence-electron chi connectivity index (χ2n) is 3.99. The van der Waals surface area contributed by atoms with Crippen molar-refractivity contribution in [1.29, 1.82) is 0 Å². The zero-order valence-electron chi connectivity index (χ0n) is 10.3. The molecule has 1 heterocycles. The molecule has 0 atom stereocenters. The molecule has 1 aromatic heterocycles. The van der Waals surface area contributed by atoms with Crippen LogP contribution in [0.5, 0.6) is 0 Å². The van der Waals surface area contributed by atoms with Crippen molar-refractivity contribution in [2.45, 2.75) is 6.92 Å². The number of rotatable bonds is 3. The number of aromatic nitrogens is 2. The zero-order chi connectivity index (χ0) is 12.4. The topological polar surface area (TPSA) is 17.8 Å². The molecule has 0 spiro atoms. The number of nitrogens with zero attached hydrogens (tertiary/aromatic N) is 2. The second kappa shape index (κ2) is 4.42. The van der Waals surface area contributed by atoms with Crippen LogP contribution in [0.25, 0.3) is 23.5 Å². The Morgan fingerprint density at radius 2 is 1.88 bits per heavy atom. The Bertz CT molecular complexity index is 577. The van der Waals surface area contributed by atoms with E-state index in [2.05, 4.69) is 37.2 Å². The maximum atomic E-state index is 4.60. The van der Waals surface area contributed by atoms with E-state index in [1.165, 1.54) is 5.56 Å². The normalized spacial score (nSPS) is 10.2. The molecule has 86 valence electrons. The summed E-state index contributed by atoms with van der Waals surface area (Å²) in [5.74, 6) is 0.952. The van der Waals surface area contributed by atoms with Crippen LogP contribution in [0.15, 0.2) is 37.4 Å². The van der Waals surface area contributed by atoms with Gasteiger partial charge in [-0.3, -0.25) is 0 Å². The predicted molar refractivity (Wildman–Crippen MR) is 73.6 cm³/mol. The van der Waals surface area contributed by atoms with Crippen LogP contribution in [0.1, 0.15) is 17.0 Å². The highest BCUT2D eigenvalue weighted by atomic mass is 15.1. The Labute approximate surface area is 102 Å². The molecule has 0 aliphatic heterocycles. The molecule has 0 unspecified atom stereocenters. The molecular weight excluding hydrogens is 208 g/mol. The Kier molecular flexibility index (Phi) is 2.96. The lowest BCUT2D eigenvalue weighted by molar-refractivity contribution is 0.912. The summed E-state index contributed by atoms with van der Waals surface area (Å²) in [6.45, 7) is 9.70. The fraction of sp³-hybridized carbons (Fsp3) is 0.133. The summed E-state index contributed by atoms with van der Waals surface area (Å²) in [6, 6.07) is 8.23. The predicted octanol–water partition coefficient (Wildman–Crippen LogP) is 3.68. The number of hydrogen-bond acceptors (Lipinski definition) is 1. The van der Waals surface area contributed by atoms with Crippen molar-refractivity contribution in [2.24, 2.45) is 7.05 Å². The SMILES string of the molecule is C=Cc1nc(-c2ccccc2C)n(C)c1C=C. The summed E-state index contributed by atoms with van der Waals surface area (Å²) >= 11 is 0. The van der Waals surface area contributed by atoms with Gasteiger partial charge in [0.05, 0.1) is 11.4 Å². The van der Waals surface area contributed by atoms with Gasteiger partial charge in [-0.1, -0.05) is 37.4 Å². The lowest BCUT2D eigenvalue weighted by Crippen LogP contribution is -1.96. The lowest BCUT2D eigenvalue weighted by Gasteiger charge is -2.06. The number of benzene rings is 1. The fourth-order valence-corrected chi connectivity index (χ4v) is 1.99. The third-order valence-corrected chi connectivity index (χ3v) is 2.94. The Morgan fingerprint density at radius 1 is 1.18 bits per heavy atom. The van der Waals surface area contributed by atoms with Crippen LogP contribution in [-0.4, -0.2) is 9.55 Å². The van der Waals surface area contributed by atoms with Gasteiger partial charge in [-0.25, -0.2) is 4.98 Å². The van der Waals surface area contributed by atoms with Crippen molar-refractivity contribution in [3.05, 3.63) is 54.4 Å². The average Bonchev–Trinajstić information content (AvgIpc) is 2.66. The lowest BCUT2D eigenvalue weighted by atomic mass is 10.1. The Hall–Kier alpha value is -2.09. The molecule has 2 rings (SSSR count). The van der Waals surface area contributed by atoms with Crippen molar-refractivity contribution >= 4 is 12.2 Å². The highest BCUT2D eigenvalue weighted by molar-refractivity contribution is 5.68. The second-order valence-corrected chi connectivity index (χ2v) is 3.99. The Balaban J connectivity index is 2.69. The third kappa shape index (κ3) is 1.82. The first-order valence-corrected chi connectivity index (χ1v) is 5.56. The maximum absolute atomic E-state index is 4.60. The van der Waals surface area contributed by atoms with Gasteiger partial charge in [0, 0.05) is 12.6 Å². The molecule has 0 N–H and O–H groups in total. The highest BCUT2D eigenvalue weighted by Gasteiger charge is 2.12. The van der Waals surface area contributed by atoms with Crippen LogP contribution < -0.4 is 0 Å². The summed E-state index contributed by atoms with van der Waals surface area (Å²) in [5.41, 5.74) is 4.23. The molecule has 17 heavy (non-hydrogen) atoms. The van der Waals surface area contributed by atoms with E-state index >= 15 is 0 Å². The first-order chi connectivity index (χ1) is 8.19. The van der Waals surface area contributed by atoms with Crippen LogP contribution in [0, 0.1) is 6.92 Å². The number of aryl methyl sites for hydroxylation is 1. The van der Waals surface area contributed by atoms with E-state index in [1.807, 2.05) is 29.8 Å². The molecule has 0 saturated heterocycles. The van der Waals surface area contributed by atoms with Crippen molar-refractivity contribution in [3.8, 4) is 11.4 Å². The van der Waals surface area contributed by atoms with Gasteiger partial charge in [0.2, 0.25) is 0 Å². The zero-order valence-corrected chi connectivity index (χ0v) is 10.3. The first kappa shape index (κ1) is 11.4. The van der Waals surface area contributed by atoms with E-state index in [1.54, 1.807) is 6.08 Å². The van der Waals surface area contributed by atoms with E-state index < -0.39 is 0 Å². The molecule has 0 saturated carbocycles. The molecule has 0 amide bonds. The molecule has 1 aromatic carbocycles. The quantitative estimate of drug-likeness (QED) is 0.777. The summed E-state index contributed by atoms with van der Waals surface area (Å²) in [7, 11) is 2.00. The smallest absolute Gasteiger partial charge is 0.141 e. The van der Waals surface area contributed by atoms with Gasteiger partial charge < -0.3 is 4.57 Å². The third-order valence-electron chi connectivity index (χ3n) is 2.94. The number of hydrogen-bond donors (Lipinski definition) is 0. The van der Waals surface area contributed by atoms with Crippen LogP contribution in [0.2, 0.25) is 0 Å². The molecule has 0 fully saturated rings. The molecular formula is C15H16N2. The van der Waals surface area contributed by atoms with E-state index in [9.17, 15) is 0 Å². The van der Waals surface area contributed by atoms with Crippen molar-refractivity contribution in [2.75, 3.05) is 0 Å². The highest BCUT2D eigenvalue weighted by Crippen LogP contribution is 2.25. The minimum absolute atomic E-state index is 0.876. The maximum Gasteiger partial charge on any atom is 0.141 e. The largest absolute Gasteiger partial charge is 0.327 e. The minimum atomic E-state index is 0.876. The van der Waals surface area contributed by atoms with Crippen LogP contribution in [0.4, 0.5) is 0 Å². The van der Waals surface area contributed by atoms with Gasteiger partial charge in [-0.2, -0.15) is 0 Å². The van der Waals surface area contributed by atoms with E-state index in [0.717, 1.165) is 22.8 Å². The monoisotopic (exact) mass is 224 g/mol. The summed E-state index contributed by atoms with van der Waals surface area (Å²) in [4.78, 5) is 4.60. The van der Waals surface area contributed by atoms with Gasteiger partial charge in [0.1, 0.15) is 5.82 Å². The van der Waals surface area contributed by atoms with E-state index in [-0.39, 0.29) is 0 Å². The molecule has 2 nitrogen and oxygen atoms in total. The molecule has 0 bridgehead atoms. The van der Waals surface area contributed by atoms with Gasteiger partial charge in [0.15, 0.2) is 0 Å². The van der Waals surface area contributed by atoms with Gasteiger partial charge >= 0.3 is 0 Å². The van der Waals surface area contributed by atoms with Crippen LogP contribution >= 0.6 is 0 Å². The van der Waals surface area contributed by atoms with Crippen molar-refractivity contribution in [1.82, 2.24) is 9.55 Å². The molecule has 2 heteroatoms. The van der Waals surface area contributed by atoms with E-state index in [0.29, 0.717) is 0 Å². The van der Waals surface area contributed by atoms with Crippen molar-refractivity contribution in [3.63, 3.8) is 0 Å². The fourth-order valence-electron chi connectivity index (χ4n) is 1.99. The van der Waals surface area contributed by atoms with Crippen LogP contribution in [0.3, 0.4) is 0 Å². The van der Waals surface area contributed by atoms with E-state index in [4.69, 9.17) is 0 Å². The van der Waals surface area contributed by atoms with Gasteiger partial charge in [-0.05, 0) is 24.6 Å². The summed E-state index contributed by atoms with van der Waals surface area (Å²) < 4.78 is 2.05. The minimum Gasteiger partial charge on any atom is -0.327 e. The van der Waals surface area contributed by atoms with Crippen LogP contribution in [-0.2, 0) is 7.05 Å². The first-order valence-electron chi connectivity index (χ1n) is 5.56. The van der Waals surface area contributed by atoms with Crippen molar-refractivity contribution < 1.29 is 0 Å². The average molecular weight is 224 g/mol. The Morgan fingerprint density at radius 3 is 2.41 bits per heavy atom. The molecule has 0 aliphatic rings.